The number of benzene rings is 1. The predicted octanol–water partition coefficient (Wildman–Crippen LogP) is 4.55. The first-order valence-electron chi connectivity index (χ1n) is 6.82. The van der Waals surface area contributed by atoms with E-state index in [4.69, 9.17) is 5.73 Å². The van der Waals surface area contributed by atoms with Crippen LogP contribution in [0.3, 0.4) is 0 Å². The standard InChI is InChI=1S/C15H21Br2N3.2ClH/c1-10(2)7-14(20-5-3-19-4-6-20)12-8-11(16)9-13(17)15(12)18;;/h8-9,14,19H,1,3-7,18H2,2H3;2*1H/t14-;;/m0../s1. The van der Waals surface area contributed by atoms with E-state index >= 15 is 0 Å². The SMILES string of the molecule is C=C(C)C[C@@H](c1cc(Br)cc(Br)c1N)N1CCNCC1.Cl.Cl. The lowest BCUT2D eigenvalue weighted by Crippen LogP contribution is -2.45. The molecule has 22 heavy (non-hydrogen) atoms. The highest BCUT2D eigenvalue weighted by Crippen LogP contribution is 2.37. The molecule has 0 unspecified atom stereocenters. The molecular weight excluding hydrogens is 453 g/mol. The molecule has 3 nitrogen and oxygen atoms in total. The normalized spacial score (nSPS) is 16.3. The zero-order valence-corrected chi connectivity index (χ0v) is 17.4. The van der Waals surface area contributed by atoms with Crippen molar-refractivity contribution in [1.29, 1.82) is 0 Å². The summed E-state index contributed by atoms with van der Waals surface area (Å²) in [5.74, 6) is 0. The van der Waals surface area contributed by atoms with E-state index in [1.54, 1.807) is 0 Å². The van der Waals surface area contributed by atoms with Gasteiger partial charge in [0.1, 0.15) is 0 Å². The van der Waals surface area contributed by atoms with Crippen molar-refractivity contribution in [2.45, 2.75) is 19.4 Å². The number of nitrogens with zero attached hydrogens (tertiary/aromatic N) is 1. The molecule has 2 rings (SSSR count). The minimum Gasteiger partial charge on any atom is -0.398 e. The maximum absolute atomic E-state index is 6.30. The average Bonchev–Trinajstić information content (AvgIpc) is 2.41. The van der Waals surface area contributed by atoms with Crippen LogP contribution in [0.2, 0.25) is 0 Å². The molecule has 3 N–H and O–H groups in total. The molecule has 1 saturated heterocycles. The molecule has 1 aromatic rings. The van der Waals surface area contributed by atoms with Gasteiger partial charge in [-0.05, 0) is 47.0 Å². The molecule has 0 aromatic heterocycles. The minimum absolute atomic E-state index is 0. The molecule has 0 bridgehead atoms. The van der Waals surface area contributed by atoms with E-state index < -0.39 is 0 Å². The summed E-state index contributed by atoms with van der Waals surface area (Å²) in [5, 5.41) is 3.40. The van der Waals surface area contributed by atoms with Gasteiger partial charge in [-0.1, -0.05) is 21.5 Å². The van der Waals surface area contributed by atoms with Crippen molar-refractivity contribution >= 4 is 62.4 Å². The van der Waals surface area contributed by atoms with Gasteiger partial charge in [0.2, 0.25) is 0 Å². The van der Waals surface area contributed by atoms with Gasteiger partial charge in [-0.3, -0.25) is 4.90 Å². The molecule has 0 radical (unpaired) electrons. The molecule has 1 fully saturated rings. The maximum atomic E-state index is 6.30. The first kappa shape index (κ1) is 22.2. The molecule has 1 atom stereocenters. The molecule has 7 heteroatoms. The Morgan fingerprint density at radius 1 is 1.32 bits per heavy atom. The summed E-state index contributed by atoms with van der Waals surface area (Å²) in [4.78, 5) is 2.50. The molecule has 126 valence electrons. The van der Waals surface area contributed by atoms with E-state index in [2.05, 4.69) is 61.6 Å². The third-order valence-electron chi connectivity index (χ3n) is 3.62. The van der Waals surface area contributed by atoms with Crippen LogP contribution in [-0.2, 0) is 0 Å². The Morgan fingerprint density at radius 3 is 2.45 bits per heavy atom. The first-order chi connectivity index (χ1) is 9.49. The number of nitrogen functional groups attached to an aromatic ring is 1. The fraction of sp³-hybridized carbons (Fsp3) is 0.467. The Kier molecular flexibility index (Phi) is 10.3. The summed E-state index contributed by atoms with van der Waals surface area (Å²) in [5.41, 5.74) is 9.49. The number of hydrogen-bond donors (Lipinski definition) is 2. The van der Waals surface area contributed by atoms with Gasteiger partial charge in [0.15, 0.2) is 0 Å². The van der Waals surface area contributed by atoms with Crippen LogP contribution in [0, 0.1) is 0 Å². The predicted molar refractivity (Wildman–Crippen MR) is 107 cm³/mol. The van der Waals surface area contributed by atoms with Gasteiger partial charge in [-0.2, -0.15) is 0 Å². The van der Waals surface area contributed by atoms with Crippen molar-refractivity contribution in [2.75, 3.05) is 31.9 Å². The fourth-order valence-corrected chi connectivity index (χ4v) is 3.90. The lowest BCUT2D eigenvalue weighted by Gasteiger charge is -2.36. The second-order valence-electron chi connectivity index (χ2n) is 5.35. The Balaban J connectivity index is 0.00000220. The summed E-state index contributed by atoms with van der Waals surface area (Å²) < 4.78 is 2.00. The van der Waals surface area contributed by atoms with Gasteiger partial charge >= 0.3 is 0 Å². The van der Waals surface area contributed by atoms with Crippen molar-refractivity contribution in [2.24, 2.45) is 0 Å². The second kappa shape index (κ2) is 10.2. The number of nitrogens with one attached hydrogen (secondary N) is 1. The van der Waals surface area contributed by atoms with E-state index in [0.29, 0.717) is 6.04 Å². The minimum atomic E-state index is 0. The third-order valence-corrected chi connectivity index (χ3v) is 4.73. The second-order valence-corrected chi connectivity index (χ2v) is 7.12. The van der Waals surface area contributed by atoms with E-state index in [9.17, 15) is 0 Å². The van der Waals surface area contributed by atoms with E-state index in [-0.39, 0.29) is 24.8 Å². The van der Waals surface area contributed by atoms with Crippen LogP contribution < -0.4 is 11.1 Å². The number of anilines is 1. The zero-order chi connectivity index (χ0) is 14.7. The van der Waals surface area contributed by atoms with E-state index in [1.165, 1.54) is 11.1 Å². The molecule has 1 heterocycles. The van der Waals surface area contributed by atoms with Gasteiger partial charge in [0, 0.05) is 41.2 Å². The van der Waals surface area contributed by atoms with Crippen LogP contribution in [-0.4, -0.2) is 31.1 Å². The summed E-state index contributed by atoms with van der Waals surface area (Å²) >= 11 is 7.11. The van der Waals surface area contributed by atoms with Crippen molar-refractivity contribution in [3.05, 3.63) is 38.8 Å². The number of rotatable bonds is 4. The van der Waals surface area contributed by atoms with Gasteiger partial charge in [0.05, 0.1) is 5.69 Å². The fourth-order valence-electron chi connectivity index (χ4n) is 2.64. The highest BCUT2D eigenvalue weighted by molar-refractivity contribution is 9.11. The summed E-state index contributed by atoms with van der Waals surface area (Å²) in [7, 11) is 0. The highest BCUT2D eigenvalue weighted by Gasteiger charge is 2.24. The van der Waals surface area contributed by atoms with E-state index in [1.807, 2.05) is 6.07 Å². The van der Waals surface area contributed by atoms with Gasteiger partial charge in [0.25, 0.3) is 0 Å². The van der Waals surface area contributed by atoms with Crippen LogP contribution in [0.1, 0.15) is 24.9 Å². The molecule has 0 saturated carbocycles. The van der Waals surface area contributed by atoms with Crippen LogP contribution in [0.25, 0.3) is 0 Å². The van der Waals surface area contributed by atoms with Gasteiger partial charge in [-0.15, -0.1) is 31.4 Å². The Labute approximate surface area is 162 Å². The van der Waals surface area contributed by atoms with Crippen molar-refractivity contribution < 1.29 is 0 Å². The van der Waals surface area contributed by atoms with Crippen molar-refractivity contribution in [3.63, 3.8) is 0 Å². The molecule has 0 spiro atoms. The van der Waals surface area contributed by atoms with E-state index in [0.717, 1.165) is 47.2 Å². The Bertz CT molecular complexity index is 506. The monoisotopic (exact) mass is 473 g/mol. The number of piperazine rings is 1. The van der Waals surface area contributed by atoms with Crippen LogP contribution in [0.15, 0.2) is 33.2 Å². The highest BCUT2D eigenvalue weighted by atomic mass is 79.9. The number of hydrogen-bond acceptors (Lipinski definition) is 3. The Morgan fingerprint density at radius 2 is 1.91 bits per heavy atom. The van der Waals surface area contributed by atoms with Crippen molar-refractivity contribution in [3.8, 4) is 0 Å². The molecule has 0 amide bonds. The largest absolute Gasteiger partial charge is 0.398 e. The topological polar surface area (TPSA) is 41.3 Å². The first-order valence-corrected chi connectivity index (χ1v) is 8.41. The molecule has 0 aliphatic carbocycles. The van der Waals surface area contributed by atoms with Gasteiger partial charge in [-0.25, -0.2) is 0 Å². The molecule has 1 aliphatic heterocycles. The number of nitrogens with two attached hydrogens (primary N) is 1. The summed E-state index contributed by atoms with van der Waals surface area (Å²) in [6, 6.07) is 4.42. The van der Waals surface area contributed by atoms with Crippen LogP contribution >= 0.6 is 56.7 Å². The molecule has 1 aromatic carbocycles. The third kappa shape index (κ3) is 5.69. The summed E-state index contributed by atoms with van der Waals surface area (Å²) in [6.45, 7) is 10.3. The molecule has 1 aliphatic rings. The Hall–Kier alpha value is 0.220. The van der Waals surface area contributed by atoms with Crippen LogP contribution in [0.4, 0.5) is 5.69 Å². The lowest BCUT2D eigenvalue weighted by atomic mass is 9.96. The van der Waals surface area contributed by atoms with Gasteiger partial charge < -0.3 is 11.1 Å². The maximum Gasteiger partial charge on any atom is 0.0507 e. The number of halogens is 4. The quantitative estimate of drug-likeness (QED) is 0.496. The average molecular weight is 476 g/mol. The zero-order valence-electron chi connectivity index (χ0n) is 12.6. The van der Waals surface area contributed by atoms with Crippen molar-refractivity contribution in [1.82, 2.24) is 10.2 Å². The smallest absolute Gasteiger partial charge is 0.0507 e. The lowest BCUT2D eigenvalue weighted by molar-refractivity contribution is 0.173. The van der Waals surface area contributed by atoms with Crippen LogP contribution in [0.5, 0.6) is 0 Å². The molecular formula is C15H23Br2Cl2N3. The summed E-state index contributed by atoms with van der Waals surface area (Å²) in [6.07, 6.45) is 0.938.